The van der Waals surface area contributed by atoms with Crippen LogP contribution in [0.2, 0.25) is 0 Å². The van der Waals surface area contributed by atoms with E-state index < -0.39 is 0 Å². The van der Waals surface area contributed by atoms with E-state index in [0.29, 0.717) is 12.1 Å². The Morgan fingerprint density at radius 1 is 1.67 bits per heavy atom. The Hall–Kier alpha value is -1.00. The van der Waals surface area contributed by atoms with Crippen molar-refractivity contribution in [1.82, 2.24) is 10.5 Å². The molecule has 1 aromatic rings. The molecule has 4 heteroatoms. The van der Waals surface area contributed by atoms with Crippen molar-refractivity contribution in [3.63, 3.8) is 0 Å². The molecule has 1 aromatic heterocycles. The molecule has 1 unspecified atom stereocenters. The lowest BCUT2D eigenvalue weighted by atomic mass is 10.1. The van der Waals surface area contributed by atoms with Crippen LogP contribution in [0.4, 0.5) is 4.39 Å². The van der Waals surface area contributed by atoms with Crippen molar-refractivity contribution in [1.29, 1.82) is 0 Å². The molecule has 3 nitrogen and oxygen atoms in total. The first kappa shape index (κ1) is 9.09. The molecule has 2 N–H and O–H groups in total. The van der Waals surface area contributed by atoms with Gasteiger partial charge in [-0.15, -0.1) is 0 Å². The zero-order valence-electron chi connectivity index (χ0n) is 6.79. The summed E-state index contributed by atoms with van der Waals surface area (Å²) in [5.74, 6) is -0.369. The number of halogens is 1. The summed E-state index contributed by atoms with van der Waals surface area (Å²) in [5, 5.41) is 8.67. The Morgan fingerprint density at radius 3 is 2.83 bits per heavy atom. The number of hydroxylamine groups is 1. The number of nitrogens with zero attached hydrogens (tertiary/aromatic N) is 1. The molecule has 0 fully saturated rings. The number of aromatic nitrogens is 1. The smallest absolute Gasteiger partial charge is 0.141 e. The summed E-state index contributed by atoms with van der Waals surface area (Å²) in [6.45, 7) is 1.90. The number of nitrogens with one attached hydrogen (secondary N) is 1. The molecular formula is C8H11FN2O. The third-order valence-corrected chi connectivity index (χ3v) is 1.67. The largest absolute Gasteiger partial charge is 0.316 e. The van der Waals surface area contributed by atoms with Crippen LogP contribution in [0, 0.1) is 5.82 Å². The maximum Gasteiger partial charge on any atom is 0.141 e. The first-order valence-electron chi connectivity index (χ1n) is 3.79. The zero-order chi connectivity index (χ0) is 8.97. The lowest BCUT2D eigenvalue weighted by Crippen LogP contribution is -2.17. The Balaban J connectivity index is 2.80. The molecule has 0 aliphatic rings. The lowest BCUT2D eigenvalue weighted by molar-refractivity contribution is 0.122. The molecule has 1 heterocycles. The normalized spacial score (nSPS) is 12.9. The quantitative estimate of drug-likeness (QED) is 0.678. The van der Waals surface area contributed by atoms with Crippen LogP contribution in [0.3, 0.4) is 0 Å². The summed E-state index contributed by atoms with van der Waals surface area (Å²) >= 11 is 0. The summed E-state index contributed by atoms with van der Waals surface area (Å²) in [6, 6.07) is 2.65. The zero-order valence-corrected chi connectivity index (χ0v) is 6.79. The van der Waals surface area contributed by atoms with Crippen LogP contribution < -0.4 is 5.48 Å². The predicted molar refractivity (Wildman–Crippen MR) is 42.1 cm³/mol. The van der Waals surface area contributed by atoms with Gasteiger partial charge in [0.15, 0.2) is 0 Å². The molecule has 12 heavy (non-hydrogen) atoms. The van der Waals surface area contributed by atoms with E-state index in [-0.39, 0.29) is 11.9 Å². The van der Waals surface area contributed by atoms with Gasteiger partial charge in [0.2, 0.25) is 0 Å². The van der Waals surface area contributed by atoms with Gasteiger partial charge in [-0.1, -0.05) is 6.92 Å². The molecule has 0 bridgehead atoms. The van der Waals surface area contributed by atoms with E-state index in [2.05, 4.69) is 10.5 Å². The Morgan fingerprint density at radius 2 is 2.42 bits per heavy atom. The fraction of sp³-hybridized carbons (Fsp3) is 0.375. The molecule has 0 saturated carbocycles. The van der Waals surface area contributed by atoms with Gasteiger partial charge in [0.25, 0.3) is 0 Å². The van der Waals surface area contributed by atoms with E-state index >= 15 is 0 Å². The summed E-state index contributed by atoms with van der Waals surface area (Å²) in [6.07, 6.45) is 1.84. The Labute approximate surface area is 70.2 Å². The predicted octanol–water partition coefficient (Wildman–Crippen LogP) is 1.65. The fourth-order valence-electron chi connectivity index (χ4n) is 0.960. The number of pyridine rings is 1. The van der Waals surface area contributed by atoms with Gasteiger partial charge in [-0.25, -0.2) is 4.39 Å². The summed E-state index contributed by atoms with van der Waals surface area (Å²) in [5.41, 5.74) is 2.74. The van der Waals surface area contributed by atoms with Crippen molar-refractivity contribution in [3.05, 3.63) is 29.8 Å². The standard InChI is InChI=1S/C8H11FN2O/c1-2-7(11-12)8-4-3-6(9)5-10-8/h3-5,7,11-12H,2H2,1H3. The average Bonchev–Trinajstić information content (AvgIpc) is 2.10. The summed E-state index contributed by atoms with van der Waals surface area (Å²) in [7, 11) is 0. The van der Waals surface area contributed by atoms with E-state index in [9.17, 15) is 4.39 Å². The lowest BCUT2D eigenvalue weighted by Gasteiger charge is -2.10. The molecular weight excluding hydrogens is 159 g/mol. The fourth-order valence-corrected chi connectivity index (χ4v) is 0.960. The first-order valence-corrected chi connectivity index (χ1v) is 3.79. The number of hydrogen-bond donors (Lipinski definition) is 2. The van der Waals surface area contributed by atoms with Crippen LogP contribution in [-0.2, 0) is 0 Å². The summed E-state index contributed by atoms with van der Waals surface area (Å²) in [4.78, 5) is 3.82. The molecule has 66 valence electrons. The van der Waals surface area contributed by atoms with Crippen molar-refractivity contribution < 1.29 is 9.60 Å². The molecule has 0 radical (unpaired) electrons. The maximum atomic E-state index is 12.4. The van der Waals surface area contributed by atoms with Gasteiger partial charge in [-0.05, 0) is 18.6 Å². The van der Waals surface area contributed by atoms with Crippen LogP contribution >= 0.6 is 0 Å². The highest BCUT2D eigenvalue weighted by atomic mass is 19.1. The molecule has 0 aliphatic heterocycles. The van der Waals surface area contributed by atoms with E-state index in [0.717, 1.165) is 6.20 Å². The minimum absolute atomic E-state index is 0.217. The van der Waals surface area contributed by atoms with Crippen molar-refractivity contribution >= 4 is 0 Å². The van der Waals surface area contributed by atoms with Gasteiger partial charge in [0.05, 0.1) is 17.9 Å². The van der Waals surface area contributed by atoms with E-state index in [4.69, 9.17) is 5.21 Å². The first-order chi connectivity index (χ1) is 5.77. The highest BCUT2D eigenvalue weighted by molar-refractivity contribution is 5.08. The Bertz CT molecular complexity index is 233. The van der Waals surface area contributed by atoms with Gasteiger partial charge in [-0.3, -0.25) is 4.98 Å². The van der Waals surface area contributed by atoms with Gasteiger partial charge in [0.1, 0.15) is 5.82 Å². The van der Waals surface area contributed by atoms with Crippen LogP contribution in [0.5, 0.6) is 0 Å². The second-order valence-corrected chi connectivity index (χ2v) is 2.49. The molecule has 0 amide bonds. The molecule has 0 saturated heterocycles. The topological polar surface area (TPSA) is 45.1 Å². The van der Waals surface area contributed by atoms with Crippen molar-refractivity contribution in [3.8, 4) is 0 Å². The number of hydrogen-bond acceptors (Lipinski definition) is 3. The molecule has 1 atom stereocenters. The molecule has 0 aliphatic carbocycles. The van der Waals surface area contributed by atoms with E-state index in [1.165, 1.54) is 6.07 Å². The average molecular weight is 170 g/mol. The molecule has 0 spiro atoms. The minimum atomic E-state index is -0.369. The SMILES string of the molecule is CCC(NO)c1ccc(F)cn1. The van der Waals surface area contributed by atoms with Crippen LogP contribution in [0.15, 0.2) is 18.3 Å². The van der Waals surface area contributed by atoms with Crippen LogP contribution in [0.1, 0.15) is 25.1 Å². The Kier molecular flexibility index (Phi) is 3.13. The second kappa shape index (κ2) is 4.13. The van der Waals surface area contributed by atoms with Crippen molar-refractivity contribution in [2.75, 3.05) is 0 Å². The second-order valence-electron chi connectivity index (χ2n) is 2.49. The monoisotopic (exact) mass is 170 g/mol. The van der Waals surface area contributed by atoms with Gasteiger partial charge < -0.3 is 5.21 Å². The third kappa shape index (κ3) is 1.99. The highest BCUT2D eigenvalue weighted by Gasteiger charge is 2.07. The van der Waals surface area contributed by atoms with Crippen LogP contribution in [0.25, 0.3) is 0 Å². The summed E-state index contributed by atoms with van der Waals surface area (Å²) < 4.78 is 12.4. The maximum absolute atomic E-state index is 12.4. The van der Waals surface area contributed by atoms with E-state index in [1.54, 1.807) is 6.07 Å². The van der Waals surface area contributed by atoms with E-state index in [1.807, 2.05) is 6.92 Å². The number of rotatable bonds is 3. The highest BCUT2D eigenvalue weighted by Crippen LogP contribution is 2.12. The van der Waals surface area contributed by atoms with Gasteiger partial charge in [-0.2, -0.15) is 5.48 Å². The molecule has 0 aromatic carbocycles. The van der Waals surface area contributed by atoms with Crippen molar-refractivity contribution in [2.45, 2.75) is 19.4 Å². The minimum Gasteiger partial charge on any atom is -0.316 e. The molecule has 1 rings (SSSR count). The van der Waals surface area contributed by atoms with Gasteiger partial charge >= 0.3 is 0 Å². The van der Waals surface area contributed by atoms with Gasteiger partial charge in [0, 0.05) is 0 Å². The van der Waals surface area contributed by atoms with Crippen LogP contribution in [-0.4, -0.2) is 10.2 Å². The third-order valence-electron chi connectivity index (χ3n) is 1.67. The van der Waals surface area contributed by atoms with Crippen molar-refractivity contribution in [2.24, 2.45) is 0 Å².